The van der Waals surface area contributed by atoms with Crippen LogP contribution in [0.15, 0.2) is 54.9 Å². The number of rotatable bonds is 8. The molecular weight excluding hydrogens is 514 g/mol. The third-order valence-corrected chi connectivity index (χ3v) is 5.87. The van der Waals surface area contributed by atoms with Crippen molar-refractivity contribution in [3.05, 3.63) is 71.0 Å². The molecular formula is C26H26ClN5O6. The SMILES string of the molecule is CCOC(=O)c1ccc(NC(=O)NCc2ccn(-c3cc4c(cc3Cl)NC(=O)C(C(=O)OCC)N4)c2)cc1. The molecule has 11 nitrogen and oxygen atoms in total. The van der Waals surface area contributed by atoms with Gasteiger partial charge in [0.15, 0.2) is 0 Å². The highest BCUT2D eigenvalue weighted by Crippen LogP contribution is 2.35. The van der Waals surface area contributed by atoms with Crippen molar-refractivity contribution in [1.82, 2.24) is 9.88 Å². The third kappa shape index (κ3) is 6.06. The van der Waals surface area contributed by atoms with Crippen molar-refractivity contribution >= 4 is 52.5 Å². The lowest BCUT2D eigenvalue weighted by Gasteiger charge is -2.26. The first-order valence-corrected chi connectivity index (χ1v) is 12.2. The van der Waals surface area contributed by atoms with Gasteiger partial charge in [0.2, 0.25) is 6.04 Å². The highest BCUT2D eigenvalue weighted by molar-refractivity contribution is 6.33. The monoisotopic (exact) mass is 539 g/mol. The normalized spacial score (nSPS) is 14.0. The number of urea groups is 1. The smallest absolute Gasteiger partial charge is 0.338 e. The molecule has 2 aromatic carbocycles. The van der Waals surface area contributed by atoms with Gasteiger partial charge in [0, 0.05) is 24.6 Å². The van der Waals surface area contributed by atoms with Crippen LogP contribution in [0.5, 0.6) is 0 Å². The number of hydrogen-bond donors (Lipinski definition) is 4. The fourth-order valence-corrected chi connectivity index (χ4v) is 4.02. The number of aromatic nitrogens is 1. The third-order valence-electron chi connectivity index (χ3n) is 5.57. The van der Waals surface area contributed by atoms with Crippen molar-refractivity contribution in [2.24, 2.45) is 0 Å². The van der Waals surface area contributed by atoms with Crippen LogP contribution in [0.2, 0.25) is 5.02 Å². The summed E-state index contributed by atoms with van der Waals surface area (Å²) in [4.78, 5) is 48.5. The topological polar surface area (TPSA) is 140 Å². The number of benzene rings is 2. The Kier molecular flexibility index (Phi) is 8.17. The summed E-state index contributed by atoms with van der Waals surface area (Å²) in [5.74, 6) is -1.62. The Hall–Kier alpha value is -4.51. The van der Waals surface area contributed by atoms with Gasteiger partial charge in [-0.3, -0.25) is 4.79 Å². The maximum Gasteiger partial charge on any atom is 0.338 e. The first-order valence-electron chi connectivity index (χ1n) is 11.9. The number of esters is 2. The Labute approximate surface area is 223 Å². The molecule has 0 aliphatic carbocycles. The highest BCUT2D eigenvalue weighted by Gasteiger charge is 2.33. The van der Waals surface area contributed by atoms with Crippen molar-refractivity contribution in [3.8, 4) is 5.69 Å². The quantitative estimate of drug-likeness (QED) is 0.251. The highest BCUT2D eigenvalue weighted by atomic mass is 35.5. The number of nitrogens with zero attached hydrogens (tertiary/aromatic N) is 1. The summed E-state index contributed by atoms with van der Waals surface area (Å²) in [6.07, 6.45) is 3.58. The van der Waals surface area contributed by atoms with Crippen LogP contribution >= 0.6 is 11.6 Å². The fourth-order valence-electron chi connectivity index (χ4n) is 3.76. The Morgan fingerprint density at radius 1 is 1.03 bits per heavy atom. The lowest BCUT2D eigenvalue weighted by molar-refractivity contribution is -0.146. The molecule has 1 aromatic heterocycles. The van der Waals surface area contributed by atoms with Crippen molar-refractivity contribution in [3.63, 3.8) is 0 Å². The lowest BCUT2D eigenvalue weighted by Crippen LogP contribution is -2.45. The minimum absolute atomic E-state index is 0.156. The number of nitrogens with one attached hydrogen (secondary N) is 4. The predicted molar refractivity (Wildman–Crippen MR) is 142 cm³/mol. The maximum atomic E-state index is 12.3. The molecule has 4 rings (SSSR count). The van der Waals surface area contributed by atoms with Crippen molar-refractivity contribution < 1.29 is 28.7 Å². The average Bonchev–Trinajstić information content (AvgIpc) is 3.36. The summed E-state index contributed by atoms with van der Waals surface area (Å²) in [7, 11) is 0. The van der Waals surface area contributed by atoms with E-state index in [9.17, 15) is 19.2 Å². The number of ether oxygens (including phenoxy) is 2. The minimum atomic E-state index is -1.17. The molecule has 0 saturated carbocycles. The number of hydrogen-bond acceptors (Lipinski definition) is 7. The zero-order valence-electron chi connectivity index (χ0n) is 20.7. The summed E-state index contributed by atoms with van der Waals surface area (Å²) in [5.41, 5.74) is 3.30. The molecule has 0 bridgehead atoms. The van der Waals surface area contributed by atoms with E-state index in [2.05, 4.69) is 21.3 Å². The molecule has 0 saturated heterocycles. The maximum absolute atomic E-state index is 12.3. The largest absolute Gasteiger partial charge is 0.464 e. The van der Waals surface area contributed by atoms with E-state index in [1.165, 1.54) is 0 Å². The van der Waals surface area contributed by atoms with Gasteiger partial charge in [0.1, 0.15) is 0 Å². The van der Waals surface area contributed by atoms with E-state index in [-0.39, 0.29) is 19.8 Å². The van der Waals surface area contributed by atoms with Crippen LogP contribution in [-0.4, -0.2) is 47.7 Å². The molecule has 3 aromatic rings. The number of carbonyl (C=O) groups excluding carboxylic acids is 4. The standard InChI is InChI=1S/C26H26ClN5O6/c1-3-37-24(34)16-5-7-17(8-6-16)29-26(36)28-13-15-9-10-32(14-15)21-12-20-19(11-18(21)27)31-23(33)22(30-20)25(35)38-4-2/h5-12,14,22,30H,3-4,13H2,1-2H3,(H,31,33)(H2,28,29,36). The van der Waals surface area contributed by atoms with Gasteiger partial charge < -0.3 is 35.3 Å². The van der Waals surface area contributed by atoms with E-state index >= 15 is 0 Å². The van der Waals surface area contributed by atoms with Crippen LogP contribution in [0.1, 0.15) is 29.8 Å². The van der Waals surface area contributed by atoms with Crippen LogP contribution in [0.4, 0.5) is 21.9 Å². The number of anilines is 3. The Balaban J connectivity index is 1.38. The number of amides is 3. The summed E-state index contributed by atoms with van der Waals surface area (Å²) in [6, 6.07) is 9.92. The molecule has 3 amide bonds. The molecule has 0 radical (unpaired) electrons. The Bertz CT molecular complexity index is 1370. The van der Waals surface area contributed by atoms with Crippen molar-refractivity contribution in [2.45, 2.75) is 26.4 Å². The first kappa shape index (κ1) is 26.6. The zero-order chi connectivity index (χ0) is 27.2. The van der Waals surface area contributed by atoms with Gasteiger partial charge in [-0.2, -0.15) is 0 Å². The molecule has 1 aliphatic rings. The number of carbonyl (C=O) groups is 4. The van der Waals surface area contributed by atoms with E-state index in [1.54, 1.807) is 67.2 Å². The van der Waals surface area contributed by atoms with Gasteiger partial charge in [-0.05, 0) is 61.9 Å². The Morgan fingerprint density at radius 3 is 2.47 bits per heavy atom. The summed E-state index contributed by atoms with van der Waals surface area (Å²) < 4.78 is 11.7. The van der Waals surface area contributed by atoms with E-state index in [4.69, 9.17) is 21.1 Å². The summed E-state index contributed by atoms with van der Waals surface area (Å²) in [5, 5.41) is 11.4. The van der Waals surface area contributed by atoms with Crippen LogP contribution in [0.25, 0.3) is 5.69 Å². The molecule has 0 spiro atoms. The molecule has 1 atom stereocenters. The summed E-state index contributed by atoms with van der Waals surface area (Å²) in [6.45, 7) is 4.07. The van der Waals surface area contributed by atoms with Gasteiger partial charge in [0.25, 0.3) is 5.91 Å². The fraction of sp³-hybridized carbons (Fsp3) is 0.231. The van der Waals surface area contributed by atoms with E-state index in [1.807, 2.05) is 6.07 Å². The molecule has 198 valence electrons. The number of fused-ring (bicyclic) bond motifs is 1. The minimum Gasteiger partial charge on any atom is -0.464 e. The van der Waals surface area contributed by atoms with Crippen LogP contribution in [0.3, 0.4) is 0 Å². The van der Waals surface area contributed by atoms with E-state index in [0.29, 0.717) is 33.3 Å². The second-order valence-corrected chi connectivity index (χ2v) is 8.61. The predicted octanol–water partition coefficient (Wildman–Crippen LogP) is 3.92. The van der Waals surface area contributed by atoms with Crippen LogP contribution < -0.4 is 21.3 Å². The first-order chi connectivity index (χ1) is 18.3. The van der Waals surface area contributed by atoms with Crippen molar-refractivity contribution in [1.29, 1.82) is 0 Å². The van der Waals surface area contributed by atoms with E-state index < -0.39 is 29.9 Å². The van der Waals surface area contributed by atoms with Crippen LogP contribution in [-0.2, 0) is 25.6 Å². The van der Waals surface area contributed by atoms with Crippen LogP contribution in [0, 0.1) is 0 Å². The molecule has 1 aliphatic heterocycles. The van der Waals surface area contributed by atoms with Gasteiger partial charge in [0.05, 0.1) is 40.9 Å². The van der Waals surface area contributed by atoms with Crippen molar-refractivity contribution in [2.75, 3.05) is 29.2 Å². The van der Waals surface area contributed by atoms with Gasteiger partial charge in [-0.25, -0.2) is 14.4 Å². The molecule has 2 heterocycles. The zero-order valence-corrected chi connectivity index (χ0v) is 21.4. The second kappa shape index (κ2) is 11.7. The molecule has 0 fully saturated rings. The molecule has 1 unspecified atom stereocenters. The van der Waals surface area contributed by atoms with E-state index in [0.717, 1.165) is 5.56 Å². The molecule has 4 N–H and O–H groups in total. The van der Waals surface area contributed by atoms with Gasteiger partial charge in [-0.15, -0.1) is 0 Å². The van der Waals surface area contributed by atoms with Gasteiger partial charge >= 0.3 is 18.0 Å². The average molecular weight is 540 g/mol. The molecule has 12 heteroatoms. The molecule has 38 heavy (non-hydrogen) atoms. The summed E-state index contributed by atoms with van der Waals surface area (Å²) >= 11 is 6.47. The lowest BCUT2D eigenvalue weighted by atomic mass is 10.1. The second-order valence-electron chi connectivity index (χ2n) is 8.20. The van der Waals surface area contributed by atoms with Gasteiger partial charge in [-0.1, -0.05) is 11.6 Å². The number of halogens is 1. The Morgan fingerprint density at radius 2 is 1.76 bits per heavy atom.